The van der Waals surface area contributed by atoms with E-state index in [-0.39, 0.29) is 37.6 Å². The molecule has 15 atom stereocenters. The molecule has 2 aromatic carbocycles. The van der Waals surface area contributed by atoms with Gasteiger partial charge in [-0.15, -0.1) is 0 Å². The predicted molar refractivity (Wildman–Crippen MR) is 223 cm³/mol. The Bertz CT molecular complexity index is 1800. The number of aliphatic hydroxyl groups is 1. The zero-order valence-electron chi connectivity index (χ0n) is 37.6. The molecule has 0 spiro atoms. The summed E-state index contributed by atoms with van der Waals surface area (Å²) in [7, 11) is 1.58. The second kappa shape index (κ2) is 18.9. The fourth-order valence-corrected chi connectivity index (χ4v) is 10.2. The van der Waals surface area contributed by atoms with E-state index in [1.165, 1.54) is 4.90 Å². The second-order valence-corrected chi connectivity index (χ2v) is 18.6. The first-order chi connectivity index (χ1) is 28.8. The highest BCUT2D eigenvalue weighted by molar-refractivity contribution is 5.73. The molecule has 4 saturated heterocycles. The fraction of sp³-hybridized carbons (Fsp3) is 0.681. The highest BCUT2D eigenvalue weighted by Gasteiger charge is 2.62. The van der Waals surface area contributed by atoms with Gasteiger partial charge in [0.1, 0.15) is 24.9 Å². The van der Waals surface area contributed by atoms with Crippen molar-refractivity contribution in [2.75, 3.05) is 7.05 Å². The van der Waals surface area contributed by atoms with Crippen molar-refractivity contribution in [1.82, 2.24) is 4.90 Å². The molecule has 338 valence electrons. The fourth-order valence-electron chi connectivity index (χ4n) is 10.2. The van der Waals surface area contributed by atoms with Gasteiger partial charge in [0.05, 0.1) is 48.1 Å². The van der Waals surface area contributed by atoms with Gasteiger partial charge in [-0.05, 0) is 77.8 Å². The first-order valence-electron chi connectivity index (χ1n) is 21.8. The number of likely N-dealkylation sites (N-methyl/N-ethyl adjacent to an activating group) is 1. The van der Waals surface area contributed by atoms with Crippen LogP contribution in [0.1, 0.15) is 99.6 Å². The number of cyclic esters (lactones) is 1. The van der Waals surface area contributed by atoms with Gasteiger partial charge in [0.2, 0.25) is 0 Å². The van der Waals surface area contributed by atoms with Gasteiger partial charge in [0.15, 0.2) is 18.2 Å². The number of rotatable bonds is 10. The number of aliphatic hydroxyl groups excluding tert-OH is 1. The van der Waals surface area contributed by atoms with Crippen LogP contribution in [0.4, 0.5) is 9.59 Å². The zero-order chi connectivity index (χ0) is 44.4. The average molecular weight is 854 g/mol. The van der Waals surface area contributed by atoms with Crippen LogP contribution in [0.2, 0.25) is 0 Å². The number of hydrogen-bond acceptors (Lipinski definition) is 13. The molecular weight excluding hydrogens is 787 g/mol. The number of benzene rings is 2. The van der Waals surface area contributed by atoms with Gasteiger partial charge >= 0.3 is 18.2 Å². The lowest BCUT2D eigenvalue weighted by atomic mass is 9.76. The summed E-state index contributed by atoms with van der Waals surface area (Å²) in [5, 5.41) is 12.1. The van der Waals surface area contributed by atoms with E-state index in [0.29, 0.717) is 12.8 Å². The van der Waals surface area contributed by atoms with Gasteiger partial charge in [-0.2, -0.15) is 0 Å². The van der Waals surface area contributed by atoms with Crippen molar-refractivity contribution in [2.45, 2.75) is 174 Å². The predicted octanol–water partition coefficient (Wildman–Crippen LogP) is 7.56. The van der Waals surface area contributed by atoms with Crippen LogP contribution in [-0.2, 0) is 60.6 Å². The molecule has 2 aromatic rings. The van der Waals surface area contributed by atoms with Gasteiger partial charge in [-0.3, -0.25) is 4.79 Å². The Morgan fingerprint density at radius 1 is 0.869 bits per heavy atom. The molecule has 4 aliphatic heterocycles. The van der Waals surface area contributed by atoms with E-state index in [0.717, 1.165) is 11.1 Å². The van der Waals surface area contributed by atoms with Crippen LogP contribution in [0, 0.1) is 23.7 Å². The third-order valence-electron chi connectivity index (χ3n) is 13.2. The zero-order valence-corrected chi connectivity index (χ0v) is 37.6. The van der Waals surface area contributed by atoms with Crippen molar-refractivity contribution in [2.24, 2.45) is 23.7 Å². The molecule has 14 nitrogen and oxygen atoms in total. The highest BCUT2D eigenvalue weighted by Crippen LogP contribution is 2.50. The largest absolute Gasteiger partial charge is 0.509 e. The summed E-state index contributed by atoms with van der Waals surface area (Å²) in [6, 6.07) is 17.7. The molecule has 5 unspecified atom stereocenters. The van der Waals surface area contributed by atoms with Crippen molar-refractivity contribution in [1.29, 1.82) is 0 Å². The maximum Gasteiger partial charge on any atom is 0.509 e. The maximum absolute atomic E-state index is 14.2. The van der Waals surface area contributed by atoms with Crippen LogP contribution in [0.15, 0.2) is 60.7 Å². The first-order valence-corrected chi connectivity index (χ1v) is 21.8. The summed E-state index contributed by atoms with van der Waals surface area (Å²) in [5.41, 5.74) is -0.504. The van der Waals surface area contributed by atoms with Gasteiger partial charge in [0.25, 0.3) is 0 Å². The average Bonchev–Trinajstić information content (AvgIpc) is 3.69. The summed E-state index contributed by atoms with van der Waals surface area (Å²) in [4.78, 5) is 42.8. The molecule has 0 aromatic heterocycles. The summed E-state index contributed by atoms with van der Waals surface area (Å²) >= 11 is 0. The third kappa shape index (κ3) is 10.2. The summed E-state index contributed by atoms with van der Waals surface area (Å²) < 4.78 is 57.4. The molecule has 0 radical (unpaired) electrons. The van der Waals surface area contributed by atoms with E-state index in [9.17, 15) is 19.5 Å². The van der Waals surface area contributed by atoms with E-state index in [2.05, 4.69) is 6.92 Å². The minimum atomic E-state index is -1.27. The normalized spacial score (nSPS) is 38.8. The number of hydrogen-bond donors (Lipinski definition) is 1. The Labute approximate surface area is 360 Å². The standard InChI is InChI=1S/C47H67NO13/c1-12-35-47(10,61-45(7,8)59-35)40-31(6)37-27(2)24-46(9,60-37)39(29(4)36(49)30(5)41(50)57-40)58-42-38(56-44(52)54-26-33-21-17-14-18-22-33)34(23-28(3)55-42)48(11)43(51)53-25-32-19-15-13-16-20-32/h13-22,27-31,34-40,42,49H,12,23-26H2,1-11H3/t27?,28?,29-,30+,31-,34?,35+,36-,37?,38?,39+,40+,42-,46+,47+/m0/s1. The van der Waals surface area contributed by atoms with Crippen LogP contribution in [-0.4, -0.2) is 107 Å². The maximum atomic E-state index is 14.2. The van der Waals surface area contributed by atoms with E-state index in [1.807, 2.05) is 109 Å². The van der Waals surface area contributed by atoms with E-state index in [4.69, 9.17) is 42.6 Å². The summed E-state index contributed by atoms with van der Waals surface area (Å²) in [6.45, 7) is 19.0. The molecule has 1 amide bonds. The van der Waals surface area contributed by atoms with Crippen molar-refractivity contribution >= 4 is 18.2 Å². The van der Waals surface area contributed by atoms with Gasteiger partial charge < -0.3 is 52.6 Å². The van der Waals surface area contributed by atoms with E-state index in [1.54, 1.807) is 20.9 Å². The van der Waals surface area contributed by atoms with Gasteiger partial charge in [-0.25, -0.2) is 9.59 Å². The second-order valence-electron chi connectivity index (χ2n) is 18.6. The van der Waals surface area contributed by atoms with Crippen LogP contribution >= 0.6 is 0 Å². The Morgan fingerprint density at radius 2 is 1.48 bits per heavy atom. The molecular formula is C47H67NO13. The molecule has 61 heavy (non-hydrogen) atoms. The molecule has 1 N–H and O–H groups in total. The molecule has 0 aliphatic carbocycles. The van der Waals surface area contributed by atoms with Crippen molar-refractivity contribution < 1.29 is 62.1 Å². The topological polar surface area (TPSA) is 158 Å². The molecule has 2 bridgehead atoms. The first kappa shape index (κ1) is 46.7. The van der Waals surface area contributed by atoms with Crippen LogP contribution in [0.3, 0.4) is 0 Å². The third-order valence-corrected chi connectivity index (χ3v) is 13.2. The monoisotopic (exact) mass is 853 g/mol. The lowest BCUT2D eigenvalue weighted by molar-refractivity contribution is -0.301. The number of amides is 1. The molecule has 14 heteroatoms. The molecule has 4 aliphatic rings. The van der Waals surface area contributed by atoms with Crippen molar-refractivity contribution in [3.63, 3.8) is 0 Å². The van der Waals surface area contributed by atoms with Crippen LogP contribution in [0.5, 0.6) is 0 Å². The minimum absolute atomic E-state index is 0.0366. The van der Waals surface area contributed by atoms with Crippen LogP contribution in [0.25, 0.3) is 0 Å². The SMILES string of the molecule is CC[C@H]1OC(C)(C)O[C@@]1(C)[C@@H]1OC(=O)[C@H](C)[C@@H](O)[C@H](C)[C@@H](O[C@@H]2OC(C)CC(N(C)C(=O)OCc3ccccc3)C2OC(=O)OCc2ccccc2)[C@@]2(C)CC(C)C(O2)[C@@H]1C. The Balaban J connectivity index is 1.32. The molecule has 6 rings (SSSR count). The lowest BCUT2D eigenvalue weighted by Crippen LogP contribution is -2.61. The van der Waals surface area contributed by atoms with Crippen molar-refractivity contribution in [3.8, 4) is 0 Å². The minimum Gasteiger partial charge on any atom is -0.459 e. The molecule has 4 heterocycles. The smallest absolute Gasteiger partial charge is 0.459 e. The Hall–Kier alpha value is -3.79. The van der Waals surface area contributed by atoms with E-state index >= 15 is 0 Å². The van der Waals surface area contributed by atoms with E-state index < -0.39 is 96.0 Å². The van der Waals surface area contributed by atoms with Gasteiger partial charge in [-0.1, -0.05) is 88.4 Å². The van der Waals surface area contributed by atoms with Crippen molar-refractivity contribution in [3.05, 3.63) is 71.8 Å². The number of ether oxygens (including phenoxy) is 9. The number of esters is 1. The molecule has 0 saturated carbocycles. The number of fused-ring (bicyclic) bond motifs is 2. The number of carbonyl (C=O) groups excluding carboxylic acids is 3. The highest BCUT2D eigenvalue weighted by atomic mass is 16.8. The lowest BCUT2D eigenvalue weighted by Gasteiger charge is -2.47. The van der Waals surface area contributed by atoms with Crippen LogP contribution < -0.4 is 0 Å². The van der Waals surface area contributed by atoms with Gasteiger partial charge in [0, 0.05) is 18.9 Å². The summed E-state index contributed by atoms with van der Waals surface area (Å²) in [6.07, 6.45) is -6.98. The Morgan fingerprint density at radius 3 is 2.08 bits per heavy atom. The quantitative estimate of drug-likeness (QED) is 0.185. The number of carbonyl (C=O) groups is 3. The summed E-state index contributed by atoms with van der Waals surface area (Å²) in [5.74, 6) is -3.67. The number of nitrogens with zero attached hydrogens (tertiary/aromatic N) is 1. The Kier molecular flexibility index (Phi) is 14.5. The molecule has 4 fully saturated rings.